The lowest BCUT2D eigenvalue weighted by Gasteiger charge is -2.30. The molecule has 0 saturated heterocycles. The van der Waals surface area contributed by atoms with Crippen LogP contribution in [0, 0.1) is 5.82 Å². The number of fused-ring (bicyclic) bond motifs is 1. The van der Waals surface area contributed by atoms with E-state index >= 15 is 0 Å². The van der Waals surface area contributed by atoms with Gasteiger partial charge in [0.25, 0.3) is 0 Å². The highest BCUT2D eigenvalue weighted by molar-refractivity contribution is 6.31. The van der Waals surface area contributed by atoms with Gasteiger partial charge in [0.15, 0.2) is 0 Å². The molecule has 0 aromatic heterocycles. The number of nitrogens with one attached hydrogen (secondary N) is 1. The van der Waals surface area contributed by atoms with Crippen molar-refractivity contribution < 1.29 is 13.9 Å². The van der Waals surface area contributed by atoms with Crippen molar-refractivity contribution in [1.82, 2.24) is 0 Å². The van der Waals surface area contributed by atoms with Gasteiger partial charge in [-0.1, -0.05) is 11.6 Å². The van der Waals surface area contributed by atoms with E-state index in [4.69, 9.17) is 22.1 Å². The van der Waals surface area contributed by atoms with E-state index in [1.807, 2.05) is 11.0 Å². The second-order valence-electron chi connectivity index (χ2n) is 5.17. The molecule has 2 aromatic carbocycles. The van der Waals surface area contributed by atoms with Gasteiger partial charge in [-0.25, -0.2) is 4.39 Å². The quantitative estimate of drug-likeness (QED) is 0.846. The van der Waals surface area contributed by atoms with Crippen molar-refractivity contribution in [1.29, 1.82) is 0 Å². The maximum atomic E-state index is 13.1. The third-order valence-corrected chi connectivity index (χ3v) is 3.77. The second kappa shape index (κ2) is 6.34. The largest absolute Gasteiger partial charge is 0.489 e. The summed E-state index contributed by atoms with van der Waals surface area (Å²) < 4.78 is 18.7. The smallest absolute Gasteiger partial charge is 0.243 e. The minimum absolute atomic E-state index is 0.0324. The van der Waals surface area contributed by atoms with Gasteiger partial charge in [-0.05, 0) is 30.3 Å². The number of nitrogens with two attached hydrogens (primary N) is 1. The molecule has 5 nitrogen and oxygen atoms in total. The molecule has 0 unspecified atom stereocenters. The summed E-state index contributed by atoms with van der Waals surface area (Å²) in [5, 5.41) is 2.67. The Balaban J connectivity index is 1.70. The summed E-state index contributed by atoms with van der Waals surface area (Å²) >= 11 is 5.71. The van der Waals surface area contributed by atoms with E-state index in [1.165, 1.54) is 18.2 Å². The van der Waals surface area contributed by atoms with Crippen LogP contribution in [-0.4, -0.2) is 25.6 Å². The first-order chi connectivity index (χ1) is 11.0. The highest BCUT2D eigenvalue weighted by Gasteiger charge is 2.20. The fourth-order valence-electron chi connectivity index (χ4n) is 2.41. The summed E-state index contributed by atoms with van der Waals surface area (Å²) in [4.78, 5) is 14.1. The summed E-state index contributed by atoms with van der Waals surface area (Å²) in [5.41, 5.74) is 7.61. The highest BCUT2D eigenvalue weighted by Crippen LogP contribution is 2.33. The first-order valence-electron chi connectivity index (χ1n) is 7.05. The van der Waals surface area contributed by atoms with Gasteiger partial charge in [0.1, 0.15) is 18.2 Å². The minimum atomic E-state index is -0.524. The van der Waals surface area contributed by atoms with Crippen molar-refractivity contribution >= 4 is 34.6 Å². The molecule has 1 amide bonds. The molecule has 3 N–H and O–H groups in total. The van der Waals surface area contributed by atoms with Crippen LogP contribution in [0.2, 0.25) is 5.02 Å². The van der Waals surface area contributed by atoms with Crippen LogP contribution in [0.25, 0.3) is 0 Å². The number of carbonyl (C=O) groups excluding carboxylic acids is 1. The number of hydrogen-bond donors (Lipinski definition) is 2. The van der Waals surface area contributed by atoms with E-state index in [9.17, 15) is 9.18 Å². The first kappa shape index (κ1) is 15.4. The number of nitrogens with zero attached hydrogens (tertiary/aromatic N) is 1. The molecule has 0 spiro atoms. The molecule has 7 heteroatoms. The van der Waals surface area contributed by atoms with E-state index in [0.29, 0.717) is 30.3 Å². The van der Waals surface area contributed by atoms with Crippen LogP contribution in [0.4, 0.5) is 21.5 Å². The summed E-state index contributed by atoms with van der Waals surface area (Å²) in [6.45, 7) is 1.22. The van der Waals surface area contributed by atoms with Gasteiger partial charge >= 0.3 is 0 Å². The van der Waals surface area contributed by atoms with Gasteiger partial charge in [0.05, 0.1) is 23.8 Å². The number of ether oxygens (including phenoxy) is 1. The number of benzene rings is 2. The predicted molar refractivity (Wildman–Crippen MR) is 88.6 cm³/mol. The molecule has 120 valence electrons. The summed E-state index contributed by atoms with van der Waals surface area (Å²) in [6, 6.07) is 9.38. The van der Waals surface area contributed by atoms with E-state index in [1.54, 1.807) is 12.1 Å². The van der Waals surface area contributed by atoms with E-state index in [0.717, 1.165) is 5.69 Å². The molecule has 1 heterocycles. The normalized spacial score (nSPS) is 13.2. The highest BCUT2D eigenvalue weighted by atomic mass is 35.5. The van der Waals surface area contributed by atoms with Gasteiger partial charge in [-0.15, -0.1) is 0 Å². The maximum Gasteiger partial charge on any atom is 0.243 e. The summed E-state index contributed by atoms with van der Waals surface area (Å²) in [6.07, 6.45) is 0. The van der Waals surface area contributed by atoms with Crippen LogP contribution in [0.1, 0.15) is 0 Å². The van der Waals surface area contributed by atoms with Crippen molar-refractivity contribution in [2.45, 2.75) is 0 Å². The molecule has 0 bridgehead atoms. The van der Waals surface area contributed by atoms with Gasteiger partial charge in [-0.3, -0.25) is 4.79 Å². The van der Waals surface area contributed by atoms with Gasteiger partial charge < -0.3 is 20.7 Å². The Hall–Kier alpha value is -2.47. The maximum absolute atomic E-state index is 13.1. The molecule has 3 rings (SSSR count). The van der Waals surface area contributed by atoms with Crippen LogP contribution >= 0.6 is 11.6 Å². The number of amides is 1. The zero-order valence-electron chi connectivity index (χ0n) is 12.2. The van der Waals surface area contributed by atoms with Crippen molar-refractivity contribution in [3.8, 4) is 5.75 Å². The van der Waals surface area contributed by atoms with Gasteiger partial charge in [0.2, 0.25) is 5.91 Å². The standard InChI is InChI=1S/C16H15ClFN3O2/c17-12-8-11(2-3-13(12)18)20-16(22)9-21-5-6-23-15-7-10(19)1-4-14(15)21/h1-4,7-8H,5-6,9,19H2,(H,20,22). The number of nitrogen functional groups attached to an aromatic ring is 1. The topological polar surface area (TPSA) is 67.6 Å². The van der Waals surface area contributed by atoms with Crippen LogP contribution in [-0.2, 0) is 4.79 Å². The number of halogens is 2. The fraction of sp³-hybridized carbons (Fsp3) is 0.188. The monoisotopic (exact) mass is 335 g/mol. The Bertz CT molecular complexity index is 754. The molecule has 0 aliphatic carbocycles. The molecule has 0 fully saturated rings. The average Bonchev–Trinajstić information content (AvgIpc) is 2.51. The molecule has 1 aliphatic rings. The molecule has 0 radical (unpaired) electrons. The molecule has 0 atom stereocenters. The lowest BCUT2D eigenvalue weighted by atomic mass is 10.2. The zero-order chi connectivity index (χ0) is 16.4. The van der Waals surface area contributed by atoms with E-state index in [-0.39, 0.29) is 17.5 Å². The van der Waals surface area contributed by atoms with E-state index in [2.05, 4.69) is 5.32 Å². The van der Waals surface area contributed by atoms with Crippen molar-refractivity contribution in [2.75, 3.05) is 35.6 Å². The van der Waals surface area contributed by atoms with Gasteiger partial charge in [0, 0.05) is 17.4 Å². The summed E-state index contributed by atoms with van der Waals surface area (Å²) in [7, 11) is 0. The number of carbonyl (C=O) groups is 1. The predicted octanol–water partition coefficient (Wildman–Crippen LogP) is 2.90. The van der Waals surface area contributed by atoms with Crippen molar-refractivity contribution in [3.05, 3.63) is 47.2 Å². The summed E-state index contributed by atoms with van der Waals surface area (Å²) in [5.74, 6) is -0.0874. The van der Waals surface area contributed by atoms with Crippen molar-refractivity contribution in [3.63, 3.8) is 0 Å². The third-order valence-electron chi connectivity index (χ3n) is 3.48. The minimum Gasteiger partial charge on any atom is -0.489 e. The fourth-order valence-corrected chi connectivity index (χ4v) is 2.59. The molecular weight excluding hydrogens is 321 g/mol. The zero-order valence-corrected chi connectivity index (χ0v) is 12.9. The first-order valence-corrected chi connectivity index (χ1v) is 7.43. The number of rotatable bonds is 3. The SMILES string of the molecule is Nc1ccc2c(c1)OCCN2CC(=O)Nc1ccc(F)c(Cl)c1. The molecule has 2 aromatic rings. The Kier molecular flexibility index (Phi) is 4.25. The Labute approximate surface area is 137 Å². The Morgan fingerprint density at radius 3 is 2.96 bits per heavy atom. The van der Waals surface area contributed by atoms with Gasteiger partial charge in [-0.2, -0.15) is 0 Å². The lowest BCUT2D eigenvalue weighted by molar-refractivity contribution is -0.115. The Morgan fingerprint density at radius 2 is 2.17 bits per heavy atom. The number of anilines is 3. The average molecular weight is 336 g/mol. The second-order valence-corrected chi connectivity index (χ2v) is 5.58. The Morgan fingerprint density at radius 1 is 1.35 bits per heavy atom. The molecule has 23 heavy (non-hydrogen) atoms. The van der Waals surface area contributed by atoms with Crippen molar-refractivity contribution in [2.24, 2.45) is 0 Å². The lowest BCUT2D eigenvalue weighted by Crippen LogP contribution is -2.38. The number of hydrogen-bond acceptors (Lipinski definition) is 4. The van der Waals surface area contributed by atoms with Crippen LogP contribution < -0.4 is 20.7 Å². The molecule has 0 saturated carbocycles. The third kappa shape index (κ3) is 3.48. The molecular formula is C16H15ClFN3O2. The van der Waals surface area contributed by atoms with Crippen LogP contribution in [0.3, 0.4) is 0 Å². The van der Waals surface area contributed by atoms with E-state index < -0.39 is 5.82 Å². The van der Waals surface area contributed by atoms with Crippen LogP contribution in [0.5, 0.6) is 5.75 Å². The molecule has 1 aliphatic heterocycles. The van der Waals surface area contributed by atoms with Crippen LogP contribution in [0.15, 0.2) is 36.4 Å².